The molecule has 4 rings (SSSR count). The lowest BCUT2D eigenvalue weighted by Crippen LogP contribution is -2.20. The van der Waals surface area contributed by atoms with Crippen molar-refractivity contribution in [3.05, 3.63) is 88.9 Å². The highest BCUT2D eigenvalue weighted by atomic mass is 79.9. The van der Waals surface area contributed by atoms with E-state index in [-0.39, 0.29) is 11.7 Å². The Bertz CT molecular complexity index is 1380. The molecule has 0 unspecified atom stereocenters. The van der Waals surface area contributed by atoms with Crippen molar-refractivity contribution >= 4 is 45.8 Å². The number of aromatic nitrogens is 3. The molecule has 4 aromatic rings. The molecule has 2 N–H and O–H groups in total. The predicted octanol–water partition coefficient (Wildman–Crippen LogP) is 4.40. The van der Waals surface area contributed by atoms with E-state index in [1.807, 2.05) is 59.2 Å². The van der Waals surface area contributed by atoms with Gasteiger partial charge in [0.15, 0.2) is 17.6 Å². The zero-order valence-corrected chi connectivity index (χ0v) is 21.1. The minimum Gasteiger partial charge on any atom is -0.481 e. The van der Waals surface area contributed by atoms with E-state index in [4.69, 9.17) is 9.84 Å². The molecular formula is C25H20BrN5O4S. The van der Waals surface area contributed by atoms with Crippen molar-refractivity contribution in [3.63, 3.8) is 0 Å². The quantitative estimate of drug-likeness (QED) is 0.166. The number of rotatable bonds is 10. The number of hydrogen-bond donors (Lipinski definition) is 2. The van der Waals surface area contributed by atoms with Gasteiger partial charge >= 0.3 is 5.97 Å². The number of carboxylic acids is 1. The third-order valence-corrected chi connectivity index (χ3v) is 6.20. The van der Waals surface area contributed by atoms with Gasteiger partial charge in [0.25, 0.3) is 5.91 Å². The van der Waals surface area contributed by atoms with E-state index in [2.05, 4.69) is 36.7 Å². The Balaban J connectivity index is 1.45. The summed E-state index contributed by atoms with van der Waals surface area (Å²) >= 11 is 4.68. The van der Waals surface area contributed by atoms with E-state index in [1.54, 1.807) is 24.3 Å². The van der Waals surface area contributed by atoms with E-state index >= 15 is 0 Å². The highest BCUT2D eigenvalue weighted by molar-refractivity contribution is 9.10. The number of benzene rings is 3. The van der Waals surface area contributed by atoms with E-state index in [1.165, 1.54) is 18.0 Å². The van der Waals surface area contributed by atoms with Gasteiger partial charge in [0.2, 0.25) is 0 Å². The molecule has 9 nitrogen and oxygen atoms in total. The molecule has 0 aliphatic heterocycles. The van der Waals surface area contributed by atoms with Crippen molar-refractivity contribution in [1.82, 2.24) is 20.2 Å². The Morgan fingerprint density at radius 2 is 1.75 bits per heavy atom. The van der Waals surface area contributed by atoms with Crippen molar-refractivity contribution in [2.24, 2.45) is 5.10 Å². The molecule has 0 fully saturated rings. The van der Waals surface area contributed by atoms with Gasteiger partial charge in [-0.2, -0.15) is 5.10 Å². The Morgan fingerprint density at radius 1 is 1.03 bits per heavy atom. The molecule has 36 heavy (non-hydrogen) atoms. The molecule has 0 saturated heterocycles. The minimum atomic E-state index is -1.08. The van der Waals surface area contributed by atoms with E-state index in [9.17, 15) is 9.59 Å². The van der Waals surface area contributed by atoms with E-state index < -0.39 is 12.6 Å². The number of amides is 1. The molecule has 1 amide bonds. The van der Waals surface area contributed by atoms with Gasteiger partial charge in [-0.1, -0.05) is 70.2 Å². The number of hydrazone groups is 1. The van der Waals surface area contributed by atoms with Crippen LogP contribution in [0.1, 0.15) is 5.56 Å². The third kappa shape index (κ3) is 6.58. The van der Waals surface area contributed by atoms with E-state index in [0.717, 1.165) is 15.7 Å². The van der Waals surface area contributed by atoms with Gasteiger partial charge in [-0.3, -0.25) is 9.36 Å². The Hall–Kier alpha value is -3.96. The van der Waals surface area contributed by atoms with Gasteiger partial charge in [-0.15, -0.1) is 10.2 Å². The molecule has 1 aromatic heterocycles. The van der Waals surface area contributed by atoms with Crippen molar-refractivity contribution in [3.8, 4) is 22.8 Å². The molecule has 0 aliphatic carbocycles. The molecular weight excluding hydrogens is 546 g/mol. The number of thioether (sulfide) groups is 1. The summed E-state index contributed by atoms with van der Waals surface area (Å²) < 4.78 is 8.10. The lowest BCUT2D eigenvalue weighted by Gasteiger charge is -2.10. The van der Waals surface area contributed by atoms with Crippen LogP contribution in [0.2, 0.25) is 0 Å². The van der Waals surface area contributed by atoms with Crippen LogP contribution in [0.25, 0.3) is 17.1 Å². The van der Waals surface area contributed by atoms with Crippen molar-refractivity contribution in [2.75, 3.05) is 12.4 Å². The predicted molar refractivity (Wildman–Crippen MR) is 141 cm³/mol. The minimum absolute atomic E-state index is 0.0554. The van der Waals surface area contributed by atoms with Crippen molar-refractivity contribution in [2.45, 2.75) is 5.16 Å². The fourth-order valence-corrected chi connectivity index (χ4v) is 4.16. The first kappa shape index (κ1) is 25.1. The fraction of sp³-hybridized carbons (Fsp3) is 0.0800. The molecule has 0 aliphatic rings. The normalized spacial score (nSPS) is 10.9. The van der Waals surface area contributed by atoms with Gasteiger partial charge in [-0.25, -0.2) is 10.2 Å². The highest BCUT2D eigenvalue weighted by Gasteiger charge is 2.17. The summed E-state index contributed by atoms with van der Waals surface area (Å²) in [4.78, 5) is 23.2. The van der Waals surface area contributed by atoms with Gasteiger partial charge in [0.05, 0.1) is 12.0 Å². The van der Waals surface area contributed by atoms with Crippen LogP contribution in [0, 0.1) is 0 Å². The first-order chi connectivity index (χ1) is 17.5. The maximum absolute atomic E-state index is 12.5. The number of nitrogens with zero attached hydrogens (tertiary/aromatic N) is 4. The molecule has 182 valence electrons. The molecule has 0 spiro atoms. The standard InChI is InChI=1S/C25H20BrN5O4S/c26-19-12-10-17(11-13-19)24-29-30-25(31(24)20-7-2-1-3-8-20)36-16-22(32)28-27-14-18-6-4-5-9-21(18)35-15-23(33)34/h1-14H,15-16H2,(H,28,32)(H,33,34)/b27-14-. The maximum atomic E-state index is 12.5. The second-order valence-corrected chi connectivity index (χ2v) is 9.14. The smallest absolute Gasteiger partial charge is 0.341 e. The molecule has 3 aromatic carbocycles. The molecule has 0 atom stereocenters. The van der Waals surface area contributed by atoms with Crippen LogP contribution in [0.5, 0.6) is 5.75 Å². The monoisotopic (exact) mass is 565 g/mol. The number of carbonyl (C=O) groups is 2. The van der Waals surface area contributed by atoms with E-state index in [0.29, 0.717) is 22.3 Å². The second-order valence-electron chi connectivity index (χ2n) is 7.29. The molecule has 0 radical (unpaired) electrons. The molecule has 11 heteroatoms. The van der Waals surface area contributed by atoms with Gasteiger partial charge in [0.1, 0.15) is 5.75 Å². The number of halogens is 1. The van der Waals surface area contributed by atoms with Crippen LogP contribution in [-0.4, -0.2) is 50.3 Å². The number of ether oxygens (including phenoxy) is 1. The lowest BCUT2D eigenvalue weighted by atomic mass is 10.2. The largest absolute Gasteiger partial charge is 0.481 e. The average molecular weight is 566 g/mol. The Kier molecular flexibility index (Phi) is 8.48. The number of hydrogen-bond acceptors (Lipinski definition) is 7. The second kappa shape index (κ2) is 12.1. The summed E-state index contributed by atoms with van der Waals surface area (Å²) in [6.07, 6.45) is 1.40. The number of nitrogens with one attached hydrogen (secondary N) is 1. The summed E-state index contributed by atoms with van der Waals surface area (Å²) in [5, 5.41) is 22.0. The first-order valence-electron chi connectivity index (χ1n) is 10.7. The maximum Gasteiger partial charge on any atom is 0.341 e. The summed E-state index contributed by atoms with van der Waals surface area (Å²) in [6.45, 7) is -0.474. The number of aliphatic carboxylic acids is 1. The highest BCUT2D eigenvalue weighted by Crippen LogP contribution is 2.28. The van der Waals surface area contributed by atoms with Crippen LogP contribution < -0.4 is 10.2 Å². The summed E-state index contributed by atoms with van der Waals surface area (Å²) in [6, 6.07) is 24.2. The number of carbonyl (C=O) groups excluding carboxylic acids is 1. The van der Waals surface area contributed by atoms with Gasteiger partial charge in [-0.05, 0) is 36.4 Å². The number of carboxylic acid groups (broad SMARTS) is 1. The summed E-state index contributed by atoms with van der Waals surface area (Å²) in [5.41, 5.74) is 4.77. The van der Waals surface area contributed by atoms with Gasteiger partial charge in [0, 0.05) is 21.3 Å². The van der Waals surface area contributed by atoms with Crippen LogP contribution in [-0.2, 0) is 9.59 Å². The van der Waals surface area contributed by atoms with Crippen LogP contribution in [0.4, 0.5) is 0 Å². The van der Waals surface area contributed by atoms with Gasteiger partial charge < -0.3 is 9.84 Å². The first-order valence-corrected chi connectivity index (χ1v) is 12.4. The number of para-hydroxylation sites is 2. The van der Waals surface area contributed by atoms with Crippen LogP contribution >= 0.6 is 27.7 Å². The van der Waals surface area contributed by atoms with Crippen LogP contribution in [0.15, 0.2) is 93.6 Å². The summed E-state index contributed by atoms with van der Waals surface area (Å²) in [5.74, 6) is -0.359. The van der Waals surface area contributed by atoms with Crippen molar-refractivity contribution < 1.29 is 19.4 Å². The molecule has 0 saturated carbocycles. The topological polar surface area (TPSA) is 119 Å². The SMILES string of the molecule is O=C(O)COc1ccccc1/C=N\NC(=O)CSc1nnc(-c2ccc(Br)cc2)n1-c1ccccc1. The zero-order chi connectivity index (χ0) is 25.3. The average Bonchev–Trinajstić information content (AvgIpc) is 3.32. The fourth-order valence-electron chi connectivity index (χ4n) is 3.15. The zero-order valence-electron chi connectivity index (χ0n) is 18.7. The van der Waals surface area contributed by atoms with Crippen LogP contribution in [0.3, 0.4) is 0 Å². The molecule has 1 heterocycles. The summed E-state index contributed by atoms with van der Waals surface area (Å²) in [7, 11) is 0. The lowest BCUT2D eigenvalue weighted by molar-refractivity contribution is -0.139. The van der Waals surface area contributed by atoms with Crippen molar-refractivity contribution in [1.29, 1.82) is 0 Å². The Labute approximate surface area is 219 Å². The third-order valence-electron chi connectivity index (χ3n) is 4.75. The Morgan fingerprint density at radius 3 is 2.50 bits per heavy atom. The molecule has 0 bridgehead atoms.